The Bertz CT molecular complexity index is 709. The maximum absolute atomic E-state index is 12.2. The molecule has 2 rings (SSSR count). The third kappa shape index (κ3) is 3.41. The lowest BCUT2D eigenvalue weighted by molar-refractivity contribution is -0.384. The molecule has 2 aromatic carbocycles. The lowest BCUT2D eigenvalue weighted by atomic mass is 10.1. The van der Waals surface area contributed by atoms with Crippen LogP contribution in [0, 0.1) is 17.0 Å². The van der Waals surface area contributed by atoms with E-state index >= 15 is 0 Å². The van der Waals surface area contributed by atoms with Gasteiger partial charge in [-0.1, -0.05) is 0 Å². The van der Waals surface area contributed by atoms with Gasteiger partial charge < -0.3 is 10.2 Å². The van der Waals surface area contributed by atoms with Crippen LogP contribution in [0.4, 0.5) is 17.1 Å². The standard InChI is InChI=1S/C16H17N3O3/c1-11-10-14(19(21)22)8-9-15(11)17-16(20)12-4-6-13(7-5-12)18(2)3/h4-10H,1-3H3,(H,17,20). The van der Waals surface area contributed by atoms with Gasteiger partial charge in [-0.25, -0.2) is 0 Å². The van der Waals surface area contributed by atoms with Gasteiger partial charge in [0, 0.05) is 43.2 Å². The summed E-state index contributed by atoms with van der Waals surface area (Å²) in [6, 6.07) is 11.5. The van der Waals surface area contributed by atoms with Crippen LogP contribution in [-0.2, 0) is 0 Å². The van der Waals surface area contributed by atoms with Crippen molar-refractivity contribution >= 4 is 23.0 Å². The Labute approximate surface area is 128 Å². The van der Waals surface area contributed by atoms with E-state index in [4.69, 9.17) is 0 Å². The van der Waals surface area contributed by atoms with Crippen LogP contribution >= 0.6 is 0 Å². The first-order chi connectivity index (χ1) is 10.4. The molecule has 0 bridgehead atoms. The molecule has 0 radical (unpaired) electrons. The number of hydrogen-bond donors (Lipinski definition) is 1. The molecule has 114 valence electrons. The number of aryl methyl sites for hydroxylation is 1. The predicted octanol–water partition coefficient (Wildman–Crippen LogP) is 3.22. The second kappa shape index (κ2) is 6.26. The summed E-state index contributed by atoms with van der Waals surface area (Å²) in [5.74, 6) is -0.248. The number of amides is 1. The number of nitro benzene ring substituents is 1. The molecular formula is C16H17N3O3. The first kappa shape index (κ1) is 15.5. The fraction of sp³-hybridized carbons (Fsp3) is 0.188. The summed E-state index contributed by atoms with van der Waals surface area (Å²) in [5, 5.41) is 13.5. The Balaban J connectivity index is 2.16. The van der Waals surface area contributed by atoms with Gasteiger partial charge in [0.05, 0.1) is 4.92 Å². The van der Waals surface area contributed by atoms with Crippen LogP contribution in [-0.4, -0.2) is 24.9 Å². The fourth-order valence-corrected chi connectivity index (χ4v) is 2.01. The fourth-order valence-electron chi connectivity index (χ4n) is 2.01. The molecule has 1 amide bonds. The molecule has 0 unspecified atom stereocenters. The van der Waals surface area contributed by atoms with Gasteiger partial charge in [0.15, 0.2) is 0 Å². The molecule has 22 heavy (non-hydrogen) atoms. The van der Waals surface area contributed by atoms with Crippen LogP contribution in [0.2, 0.25) is 0 Å². The molecular weight excluding hydrogens is 282 g/mol. The molecule has 0 spiro atoms. The molecule has 1 N–H and O–H groups in total. The molecule has 0 saturated carbocycles. The maximum atomic E-state index is 12.2. The van der Waals surface area contributed by atoms with Gasteiger partial charge in [0.2, 0.25) is 0 Å². The largest absolute Gasteiger partial charge is 0.378 e. The smallest absolute Gasteiger partial charge is 0.269 e. The van der Waals surface area contributed by atoms with Gasteiger partial charge in [0.25, 0.3) is 11.6 Å². The SMILES string of the molecule is Cc1cc([N+](=O)[O-])ccc1NC(=O)c1ccc(N(C)C)cc1. The minimum absolute atomic E-state index is 0.00540. The van der Waals surface area contributed by atoms with Gasteiger partial charge in [-0.15, -0.1) is 0 Å². The zero-order valence-corrected chi connectivity index (χ0v) is 12.7. The lowest BCUT2D eigenvalue weighted by Crippen LogP contribution is -2.13. The number of rotatable bonds is 4. The predicted molar refractivity (Wildman–Crippen MR) is 86.6 cm³/mol. The summed E-state index contributed by atoms with van der Waals surface area (Å²) in [5.41, 5.74) is 2.75. The van der Waals surface area contributed by atoms with E-state index in [-0.39, 0.29) is 11.6 Å². The third-order valence-corrected chi connectivity index (χ3v) is 3.31. The number of benzene rings is 2. The zero-order valence-electron chi connectivity index (χ0n) is 12.7. The Morgan fingerprint density at radius 2 is 1.77 bits per heavy atom. The Morgan fingerprint density at radius 3 is 2.27 bits per heavy atom. The highest BCUT2D eigenvalue weighted by atomic mass is 16.6. The molecule has 2 aromatic rings. The Morgan fingerprint density at radius 1 is 1.14 bits per heavy atom. The molecule has 0 aliphatic carbocycles. The van der Waals surface area contributed by atoms with Crippen molar-refractivity contribution in [1.82, 2.24) is 0 Å². The summed E-state index contributed by atoms with van der Waals surface area (Å²) in [6.45, 7) is 1.72. The van der Waals surface area contributed by atoms with Crippen molar-refractivity contribution in [3.63, 3.8) is 0 Å². The number of nitrogens with one attached hydrogen (secondary N) is 1. The van der Waals surface area contributed by atoms with Crippen molar-refractivity contribution in [3.8, 4) is 0 Å². The second-order valence-corrected chi connectivity index (χ2v) is 5.15. The first-order valence-electron chi connectivity index (χ1n) is 6.72. The first-order valence-corrected chi connectivity index (χ1v) is 6.72. The van der Waals surface area contributed by atoms with Gasteiger partial charge in [-0.05, 0) is 42.8 Å². The molecule has 0 atom stereocenters. The van der Waals surface area contributed by atoms with E-state index < -0.39 is 4.92 Å². The molecule has 0 saturated heterocycles. The topological polar surface area (TPSA) is 75.5 Å². The van der Waals surface area contributed by atoms with Crippen molar-refractivity contribution in [2.75, 3.05) is 24.3 Å². The number of carbonyl (C=O) groups is 1. The van der Waals surface area contributed by atoms with Crippen LogP contribution < -0.4 is 10.2 Å². The summed E-state index contributed by atoms with van der Waals surface area (Å²) < 4.78 is 0. The summed E-state index contributed by atoms with van der Waals surface area (Å²) in [4.78, 5) is 24.4. The van der Waals surface area contributed by atoms with Gasteiger partial charge in [-0.3, -0.25) is 14.9 Å². The molecule has 0 aliphatic heterocycles. The van der Waals surface area contributed by atoms with Crippen molar-refractivity contribution in [1.29, 1.82) is 0 Å². The lowest BCUT2D eigenvalue weighted by Gasteiger charge is -2.13. The number of carbonyl (C=O) groups excluding carboxylic acids is 1. The van der Waals surface area contributed by atoms with E-state index in [1.807, 2.05) is 31.1 Å². The van der Waals surface area contributed by atoms with Gasteiger partial charge >= 0.3 is 0 Å². The minimum Gasteiger partial charge on any atom is -0.378 e. The van der Waals surface area contributed by atoms with Crippen LogP contribution in [0.15, 0.2) is 42.5 Å². The normalized spacial score (nSPS) is 10.1. The molecule has 6 nitrogen and oxygen atoms in total. The average Bonchev–Trinajstić information content (AvgIpc) is 2.49. The average molecular weight is 299 g/mol. The zero-order chi connectivity index (χ0) is 16.3. The number of nitrogens with zero attached hydrogens (tertiary/aromatic N) is 2. The van der Waals surface area contributed by atoms with E-state index in [1.165, 1.54) is 12.1 Å². The van der Waals surface area contributed by atoms with E-state index in [1.54, 1.807) is 25.1 Å². The summed E-state index contributed by atoms with van der Waals surface area (Å²) in [7, 11) is 3.85. The van der Waals surface area contributed by atoms with Crippen molar-refractivity contribution in [3.05, 3.63) is 63.7 Å². The Hall–Kier alpha value is -2.89. The quantitative estimate of drug-likeness (QED) is 0.694. The Kier molecular flexibility index (Phi) is 4.41. The van der Waals surface area contributed by atoms with Crippen LogP contribution in [0.3, 0.4) is 0 Å². The number of nitro groups is 1. The maximum Gasteiger partial charge on any atom is 0.269 e. The van der Waals surface area contributed by atoms with E-state index in [9.17, 15) is 14.9 Å². The minimum atomic E-state index is -0.460. The summed E-state index contributed by atoms with van der Waals surface area (Å²) in [6.07, 6.45) is 0. The number of anilines is 2. The van der Waals surface area contributed by atoms with E-state index in [0.717, 1.165) is 5.69 Å². The molecule has 0 fully saturated rings. The molecule has 0 heterocycles. The van der Waals surface area contributed by atoms with Crippen LogP contribution in [0.1, 0.15) is 15.9 Å². The van der Waals surface area contributed by atoms with E-state index in [0.29, 0.717) is 16.8 Å². The van der Waals surface area contributed by atoms with Crippen LogP contribution in [0.5, 0.6) is 0 Å². The van der Waals surface area contributed by atoms with Crippen LogP contribution in [0.25, 0.3) is 0 Å². The second-order valence-electron chi connectivity index (χ2n) is 5.15. The van der Waals surface area contributed by atoms with Gasteiger partial charge in [-0.2, -0.15) is 0 Å². The molecule has 0 aromatic heterocycles. The van der Waals surface area contributed by atoms with Crippen molar-refractivity contribution in [2.24, 2.45) is 0 Å². The summed E-state index contributed by atoms with van der Waals surface area (Å²) >= 11 is 0. The highest BCUT2D eigenvalue weighted by molar-refractivity contribution is 6.04. The molecule has 6 heteroatoms. The van der Waals surface area contributed by atoms with Crippen molar-refractivity contribution in [2.45, 2.75) is 6.92 Å². The van der Waals surface area contributed by atoms with E-state index in [2.05, 4.69) is 5.32 Å². The third-order valence-electron chi connectivity index (χ3n) is 3.31. The number of hydrogen-bond acceptors (Lipinski definition) is 4. The molecule has 0 aliphatic rings. The number of non-ortho nitro benzene ring substituents is 1. The van der Waals surface area contributed by atoms with Gasteiger partial charge in [0.1, 0.15) is 0 Å². The highest BCUT2D eigenvalue weighted by Gasteiger charge is 2.11. The highest BCUT2D eigenvalue weighted by Crippen LogP contribution is 2.22. The van der Waals surface area contributed by atoms with Crippen molar-refractivity contribution < 1.29 is 9.72 Å². The monoisotopic (exact) mass is 299 g/mol.